The predicted octanol–water partition coefficient (Wildman–Crippen LogP) is 5.24. The molecule has 0 aliphatic carbocycles. The molecular formula is C15H25. The van der Waals surface area contributed by atoms with Gasteiger partial charge in [-0.2, -0.15) is 0 Å². The van der Waals surface area contributed by atoms with E-state index in [2.05, 4.69) is 46.4 Å². The van der Waals surface area contributed by atoms with Gasteiger partial charge in [0.15, 0.2) is 0 Å². The topological polar surface area (TPSA) is 0 Å². The van der Waals surface area contributed by atoms with Crippen LogP contribution in [0.15, 0.2) is 36.0 Å². The maximum atomic E-state index is 3.76. The van der Waals surface area contributed by atoms with E-state index >= 15 is 0 Å². The maximum absolute atomic E-state index is 3.76. The van der Waals surface area contributed by atoms with Crippen LogP contribution in [0.25, 0.3) is 0 Å². The molecule has 0 aliphatic heterocycles. The molecule has 15 heavy (non-hydrogen) atoms. The monoisotopic (exact) mass is 205 g/mol. The lowest BCUT2D eigenvalue weighted by atomic mass is 10.0. The van der Waals surface area contributed by atoms with E-state index in [1.54, 1.807) is 0 Å². The summed E-state index contributed by atoms with van der Waals surface area (Å²) in [6.07, 6.45) is 11.3. The summed E-state index contributed by atoms with van der Waals surface area (Å²) in [4.78, 5) is 0. The first-order valence-corrected chi connectivity index (χ1v) is 5.80. The minimum Gasteiger partial charge on any atom is -0.103 e. The van der Waals surface area contributed by atoms with E-state index in [9.17, 15) is 0 Å². The van der Waals surface area contributed by atoms with Gasteiger partial charge < -0.3 is 0 Å². The highest BCUT2D eigenvalue weighted by Gasteiger charge is 1.95. The third kappa shape index (κ3) is 9.52. The summed E-state index contributed by atoms with van der Waals surface area (Å²) in [6.45, 7) is 12.4. The SMILES string of the molecule is C=C[C](C)CC/C=C(\C)CCC=C(C)C. The minimum atomic E-state index is 1.14. The third-order valence-electron chi connectivity index (χ3n) is 2.47. The highest BCUT2D eigenvalue weighted by molar-refractivity contribution is 5.06. The van der Waals surface area contributed by atoms with E-state index < -0.39 is 0 Å². The zero-order valence-corrected chi connectivity index (χ0v) is 10.8. The molecular weight excluding hydrogens is 180 g/mol. The lowest BCUT2D eigenvalue weighted by molar-refractivity contribution is 0.874. The van der Waals surface area contributed by atoms with Crippen LogP contribution in [-0.4, -0.2) is 0 Å². The van der Waals surface area contributed by atoms with Crippen molar-refractivity contribution >= 4 is 0 Å². The molecule has 0 saturated carbocycles. The molecule has 0 heterocycles. The molecule has 0 fully saturated rings. The Labute approximate surface area is 95.8 Å². The van der Waals surface area contributed by atoms with Gasteiger partial charge in [-0.25, -0.2) is 0 Å². The number of hydrogen-bond acceptors (Lipinski definition) is 0. The van der Waals surface area contributed by atoms with Crippen molar-refractivity contribution in [1.82, 2.24) is 0 Å². The molecule has 0 unspecified atom stereocenters. The van der Waals surface area contributed by atoms with Crippen LogP contribution in [0.1, 0.15) is 53.4 Å². The van der Waals surface area contributed by atoms with Crippen molar-refractivity contribution in [2.75, 3.05) is 0 Å². The van der Waals surface area contributed by atoms with Crippen LogP contribution >= 0.6 is 0 Å². The van der Waals surface area contributed by atoms with Gasteiger partial charge in [-0.15, -0.1) is 6.58 Å². The Balaban J connectivity index is 3.70. The molecule has 0 amide bonds. The van der Waals surface area contributed by atoms with Gasteiger partial charge in [0.25, 0.3) is 0 Å². The molecule has 0 spiro atoms. The van der Waals surface area contributed by atoms with Crippen LogP contribution in [0.4, 0.5) is 0 Å². The fourth-order valence-electron chi connectivity index (χ4n) is 1.34. The van der Waals surface area contributed by atoms with E-state index in [4.69, 9.17) is 0 Å². The quantitative estimate of drug-likeness (QED) is 0.499. The standard InChI is InChI=1S/C15H25/c1-6-14(4)10-8-12-15(5)11-7-9-13(2)3/h6,9,12H,1,7-8,10-11H2,2-5H3/b15-12+. The Morgan fingerprint density at radius 1 is 0.933 bits per heavy atom. The maximum Gasteiger partial charge on any atom is -0.00580 e. The molecule has 0 N–H and O–H groups in total. The summed E-state index contributed by atoms with van der Waals surface area (Å²) in [6, 6.07) is 0. The Hall–Kier alpha value is -0.780. The van der Waals surface area contributed by atoms with E-state index in [1.165, 1.54) is 29.9 Å². The zero-order valence-electron chi connectivity index (χ0n) is 10.8. The molecule has 0 aromatic carbocycles. The second-order valence-corrected chi connectivity index (χ2v) is 4.46. The molecule has 0 saturated heterocycles. The number of hydrogen-bond donors (Lipinski definition) is 0. The van der Waals surface area contributed by atoms with E-state index in [1.807, 2.05) is 6.08 Å². The number of rotatable bonds is 7. The van der Waals surface area contributed by atoms with Gasteiger partial charge in [0, 0.05) is 0 Å². The molecule has 1 radical (unpaired) electrons. The average Bonchev–Trinajstić information content (AvgIpc) is 2.17. The summed E-state index contributed by atoms with van der Waals surface area (Å²) >= 11 is 0. The molecule has 0 bridgehead atoms. The van der Waals surface area contributed by atoms with Gasteiger partial charge in [-0.05, 0) is 52.4 Å². The smallest absolute Gasteiger partial charge is 0.00580 e. The second-order valence-electron chi connectivity index (χ2n) is 4.46. The predicted molar refractivity (Wildman–Crippen MR) is 70.8 cm³/mol. The van der Waals surface area contributed by atoms with Crippen molar-refractivity contribution in [3.8, 4) is 0 Å². The highest BCUT2D eigenvalue weighted by Crippen LogP contribution is 2.13. The van der Waals surface area contributed by atoms with Crippen molar-refractivity contribution in [3.63, 3.8) is 0 Å². The summed E-state index contributed by atoms with van der Waals surface area (Å²) in [5.74, 6) is 1.38. The fourth-order valence-corrected chi connectivity index (χ4v) is 1.34. The summed E-state index contributed by atoms with van der Waals surface area (Å²) in [5.41, 5.74) is 2.92. The summed E-state index contributed by atoms with van der Waals surface area (Å²) in [7, 11) is 0. The summed E-state index contributed by atoms with van der Waals surface area (Å²) < 4.78 is 0. The van der Waals surface area contributed by atoms with Crippen LogP contribution < -0.4 is 0 Å². The second kappa shape index (κ2) is 8.52. The first-order chi connectivity index (χ1) is 7.06. The Kier molecular flexibility index (Phi) is 8.08. The van der Waals surface area contributed by atoms with E-state index in [0.29, 0.717) is 0 Å². The third-order valence-corrected chi connectivity index (χ3v) is 2.47. The Morgan fingerprint density at radius 2 is 1.53 bits per heavy atom. The molecule has 0 aliphatic rings. The minimum absolute atomic E-state index is 1.14. The van der Waals surface area contributed by atoms with Gasteiger partial charge >= 0.3 is 0 Å². The first kappa shape index (κ1) is 14.2. The van der Waals surface area contributed by atoms with Crippen molar-refractivity contribution in [2.45, 2.75) is 53.4 Å². The van der Waals surface area contributed by atoms with E-state index in [0.717, 1.165) is 12.8 Å². The van der Waals surface area contributed by atoms with Crippen molar-refractivity contribution in [3.05, 3.63) is 41.9 Å². The van der Waals surface area contributed by atoms with Crippen molar-refractivity contribution in [2.24, 2.45) is 0 Å². The Bertz CT molecular complexity index is 226. The van der Waals surface area contributed by atoms with Crippen molar-refractivity contribution < 1.29 is 0 Å². The largest absolute Gasteiger partial charge is 0.103 e. The molecule has 0 nitrogen and oxygen atoms in total. The zero-order chi connectivity index (χ0) is 11.7. The lowest BCUT2D eigenvalue weighted by Gasteiger charge is -2.03. The van der Waals surface area contributed by atoms with Crippen LogP contribution in [0, 0.1) is 5.92 Å². The van der Waals surface area contributed by atoms with Crippen LogP contribution in [0.2, 0.25) is 0 Å². The molecule has 0 aromatic rings. The first-order valence-electron chi connectivity index (χ1n) is 5.80. The fraction of sp³-hybridized carbons (Fsp3) is 0.533. The van der Waals surface area contributed by atoms with Gasteiger partial charge in [0.2, 0.25) is 0 Å². The molecule has 0 rings (SSSR count). The van der Waals surface area contributed by atoms with Gasteiger partial charge in [-0.1, -0.05) is 36.3 Å². The average molecular weight is 205 g/mol. The van der Waals surface area contributed by atoms with Gasteiger partial charge in [0.05, 0.1) is 0 Å². The summed E-state index contributed by atoms with van der Waals surface area (Å²) in [5, 5.41) is 0. The lowest BCUT2D eigenvalue weighted by Crippen LogP contribution is -1.85. The van der Waals surface area contributed by atoms with Crippen LogP contribution in [0.5, 0.6) is 0 Å². The number of allylic oxidation sites excluding steroid dienone is 5. The molecule has 0 aromatic heterocycles. The van der Waals surface area contributed by atoms with Crippen LogP contribution in [-0.2, 0) is 0 Å². The molecule has 0 heteroatoms. The van der Waals surface area contributed by atoms with Crippen molar-refractivity contribution in [1.29, 1.82) is 0 Å². The molecule has 85 valence electrons. The highest BCUT2D eigenvalue weighted by atomic mass is 14.0. The van der Waals surface area contributed by atoms with Gasteiger partial charge in [-0.3, -0.25) is 0 Å². The van der Waals surface area contributed by atoms with Gasteiger partial charge in [0.1, 0.15) is 0 Å². The Morgan fingerprint density at radius 3 is 2.07 bits per heavy atom. The molecule has 0 atom stereocenters. The normalized spacial score (nSPS) is 11.7. The van der Waals surface area contributed by atoms with E-state index in [-0.39, 0.29) is 0 Å². The van der Waals surface area contributed by atoms with Crippen LogP contribution in [0.3, 0.4) is 0 Å².